The summed E-state index contributed by atoms with van der Waals surface area (Å²) in [6, 6.07) is 10.4. The quantitative estimate of drug-likeness (QED) is 0.669. The molecule has 0 aromatic heterocycles. The predicted molar refractivity (Wildman–Crippen MR) is 71.0 cm³/mol. The number of benzene rings is 2. The van der Waals surface area contributed by atoms with Crippen LogP contribution in [-0.4, -0.2) is 18.7 Å². The Morgan fingerprint density at radius 3 is 2.16 bits per heavy atom. The fourth-order valence-electron chi connectivity index (χ4n) is 2.55. The first-order valence-corrected chi connectivity index (χ1v) is 6.01. The number of methoxy groups -OCH3 is 1. The van der Waals surface area contributed by atoms with Gasteiger partial charge in [0.2, 0.25) is 0 Å². The van der Waals surface area contributed by atoms with Crippen molar-refractivity contribution in [2.75, 3.05) is 7.11 Å². The molecule has 3 nitrogen and oxygen atoms in total. The number of ether oxygens (including phenoxy) is 1. The molecule has 0 heterocycles. The summed E-state index contributed by atoms with van der Waals surface area (Å²) in [7, 11) is 1.50. The summed E-state index contributed by atoms with van der Waals surface area (Å²) in [6.45, 7) is 1.84. The molecule has 3 rings (SSSR count). The lowest BCUT2D eigenvalue weighted by molar-refractivity contribution is 0.0976. The highest BCUT2D eigenvalue weighted by molar-refractivity contribution is 6.29. The third kappa shape index (κ3) is 1.51. The molecule has 0 amide bonds. The summed E-state index contributed by atoms with van der Waals surface area (Å²) >= 11 is 0. The highest BCUT2D eigenvalue weighted by atomic mass is 16.5. The normalized spacial score (nSPS) is 12.9. The molecule has 0 unspecified atom stereocenters. The van der Waals surface area contributed by atoms with Crippen LogP contribution in [0.3, 0.4) is 0 Å². The number of fused-ring (bicyclic) bond motifs is 2. The molecule has 0 radical (unpaired) electrons. The van der Waals surface area contributed by atoms with Crippen molar-refractivity contribution in [2.45, 2.75) is 6.92 Å². The second-order valence-electron chi connectivity index (χ2n) is 4.54. The van der Waals surface area contributed by atoms with Gasteiger partial charge in [0.05, 0.1) is 12.7 Å². The number of rotatable bonds is 1. The average molecular weight is 252 g/mol. The molecule has 0 saturated carbocycles. The third-order valence-corrected chi connectivity index (χ3v) is 3.46. The van der Waals surface area contributed by atoms with E-state index in [-0.39, 0.29) is 11.6 Å². The van der Waals surface area contributed by atoms with Crippen LogP contribution >= 0.6 is 0 Å². The van der Waals surface area contributed by atoms with E-state index in [4.69, 9.17) is 4.74 Å². The van der Waals surface area contributed by atoms with Gasteiger partial charge in [-0.25, -0.2) is 0 Å². The van der Waals surface area contributed by atoms with Gasteiger partial charge in [0.1, 0.15) is 5.75 Å². The van der Waals surface area contributed by atoms with E-state index in [2.05, 4.69) is 0 Å². The van der Waals surface area contributed by atoms with Crippen molar-refractivity contribution < 1.29 is 14.3 Å². The Kier molecular flexibility index (Phi) is 2.49. The third-order valence-electron chi connectivity index (χ3n) is 3.46. The second kappa shape index (κ2) is 4.05. The zero-order valence-electron chi connectivity index (χ0n) is 10.7. The largest absolute Gasteiger partial charge is 0.496 e. The number of hydrogen-bond donors (Lipinski definition) is 0. The van der Waals surface area contributed by atoms with Crippen LogP contribution in [0.15, 0.2) is 36.4 Å². The zero-order valence-corrected chi connectivity index (χ0v) is 10.7. The van der Waals surface area contributed by atoms with E-state index in [0.717, 1.165) is 5.56 Å². The molecule has 0 bridgehead atoms. The van der Waals surface area contributed by atoms with Gasteiger partial charge in [-0.05, 0) is 18.6 Å². The summed E-state index contributed by atoms with van der Waals surface area (Å²) < 4.78 is 5.21. The first-order chi connectivity index (χ1) is 9.15. The van der Waals surface area contributed by atoms with Gasteiger partial charge in [-0.1, -0.05) is 30.3 Å². The van der Waals surface area contributed by atoms with Gasteiger partial charge in [-0.15, -0.1) is 0 Å². The number of carbonyl (C=O) groups is 2. The van der Waals surface area contributed by atoms with Crippen molar-refractivity contribution >= 4 is 11.6 Å². The van der Waals surface area contributed by atoms with Crippen molar-refractivity contribution in [3.05, 3.63) is 64.2 Å². The summed E-state index contributed by atoms with van der Waals surface area (Å²) in [5.41, 5.74) is 2.57. The maximum Gasteiger partial charge on any atom is 0.198 e. The lowest BCUT2D eigenvalue weighted by atomic mass is 9.82. The molecular weight excluding hydrogens is 240 g/mol. The van der Waals surface area contributed by atoms with Crippen LogP contribution in [0, 0.1) is 6.92 Å². The smallest absolute Gasteiger partial charge is 0.198 e. The Bertz CT molecular complexity index is 714. The molecule has 94 valence electrons. The van der Waals surface area contributed by atoms with Gasteiger partial charge in [0.25, 0.3) is 0 Å². The average Bonchev–Trinajstić information content (AvgIpc) is 2.43. The van der Waals surface area contributed by atoms with Crippen molar-refractivity contribution in [3.63, 3.8) is 0 Å². The fraction of sp³-hybridized carbons (Fsp3) is 0.125. The first-order valence-electron chi connectivity index (χ1n) is 6.01. The highest BCUT2D eigenvalue weighted by Gasteiger charge is 2.32. The summed E-state index contributed by atoms with van der Waals surface area (Å²) in [5.74, 6) is 0.192. The number of aryl methyl sites for hydroxylation is 1. The van der Waals surface area contributed by atoms with Crippen LogP contribution in [0.2, 0.25) is 0 Å². The number of hydrogen-bond acceptors (Lipinski definition) is 3. The van der Waals surface area contributed by atoms with Gasteiger partial charge in [-0.3, -0.25) is 9.59 Å². The Morgan fingerprint density at radius 1 is 0.842 bits per heavy atom. The molecule has 0 saturated heterocycles. The summed E-state index contributed by atoms with van der Waals surface area (Å²) in [5, 5.41) is 0. The minimum atomic E-state index is -0.139. The zero-order chi connectivity index (χ0) is 13.6. The van der Waals surface area contributed by atoms with E-state index in [1.165, 1.54) is 7.11 Å². The van der Waals surface area contributed by atoms with Crippen molar-refractivity contribution in [1.82, 2.24) is 0 Å². The number of ketones is 2. The highest BCUT2D eigenvalue weighted by Crippen LogP contribution is 2.34. The lowest BCUT2D eigenvalue weighted by Crippen LogP contribution is -2.22. The SMILES string of the molecule is COc1cccc2c1C(=O)c1c(C)cccc1C2=O. The molecule has 0 fully saturated rings. The molecule has 0 spiro atoms. The summed E-state index contributed by atoms with van der Waals surface area (Å²) in [4.78, 5) is 25.1. The van der Waals surface area contributed by atoms with Gasteiger partial charge in [0.15, 0.2) is 11.6 Å². The molecule has 2 aromatic rings. The monoisotopic (exact) mass is 252 g/mol. The molecule has 3 heteroatoms. The van der Waals surface area contributed by atoms with E-state index >= 15 is 0 Å². The van der Waals surface area contributed by atoms with Crippen LogP contribution in [0.1, 0.15) is 37.4 Å². The van der Waals surface area contributed by atoms with E-state index < -0.39 is 0 Å². The second-order valence-corrected chi connectivity index (χ2v) is 4.54. The first kappa shape index (κ1) is 11.7. The molecule has 0 N–H and O–H groups in total. The Hall–Kier alpha value is -2.42. The van der Waals surface area contributed by atoms with Gasteiger partial charge in [0, 0.05) is 16.7 Å². The number of carbonyl (C=O) groups excluding carboxylic acids is 2. The molecule has 0 atom stereocenters. The minimum Gasteiger partial charge on any atom is -0.496 e. The van der Waals surface area contributed by atoms with E-state index in [9.17, 15) is 9.59 Å². The van der Waals surface area contributed by atoms with Crippen LogP contribution in [0.4, 0.5) is 0 Å². The van der Waals surface area contributed by atoms with Gasteiger partial charge < -0.3 is 4.74 Å². The topological polar surface area (TPSA) is 43.4 Å². The fourth-order valence-corrected chi connectivity index (χ4v) is 2.55. The van der Waals surface area contributed by atoms with Crippen LogP contribution < -0.4 is 4.74 Å². The van der Waals surface area contributed by atoms with Gasteiger partial charge in [-0.2, -0.15) is 0 Å². The van der Waals surface area contributed by atoms with E-state index in [1.54, 1.807) is 30.3 Å². The Balaban J connectivity index is 2.37. The molecule has 1 aliphatic rings. The van der Waals surface area contributed by atoms with Crippen LogP contribution in [0.5, 0.6) is 5.75 Å². The predicted octanol–water partition coefficient (Wildman–Crippen LogP) is 2.78. The standard InChI is InChI=1S/C16H12O3/c1-9-5-3-6-10-13(9)16(18)14-11(15(10)17)7-4-8-12(14)19-2/h3-8H,1-2H3. The molecular formula is C16H12O3. The maximum absolute atomic E-state index is 12.6. The van der Waals surface area contributed by atoms with E-state index in [1.807, 2.05) is 13.0 Å². The molecule has 19 heavy (non-hydrogen) atoms. The molecule has 0 aliphatic heterocycles. The van der Waals surface area contributed by atoms with Crippen molar-refractivity contribution in [3.8, 4) is 5.75 Å². The van der Waals surface area contributed by atoms with E-state index in [0.29, 0.717) is 28.0 Å². The van der Waals surface area contributed by atoms with Crippen molar-refractivity contribution in [2.24, 2.45) is 0 Å². The van der Waals surface area contributed by atoms with Crippen LogP contribution in [-0.2, 0) is 0 Å². The molecule has 1 aliphatic carbocycles. The Morgan fingerprint density at radius 2 is 1.47 bits per heavy atom. The van der Waals surface area contributed by atoms with Gasteiger partial charge >= 0.3 is 0 Å². The Labute approximate surface area is 110 Å². The molecule has 2 aromatic carbocycles. The van der Waals surface area contributed by atoms with Crippen LogP contribution in [0.25, 0.3) is 0 Å². The lowest BCUT2D eigenvalue weighted by Gasteiger charge is -2.20. The maximum atomic E-state index is 12.6. The minimum absolute atomic E-state index is 0.118. The van der Waals surface area contributed by atoms with Crippen molar-refractivity contribution in [1.29, 1.82) is 0 Å². The summed E-state index contributed by atoms with van der Waals surface area (Å²) in [6.07, 6.45) is 0.